The molecule has 1 aromatic rings. The smallest absolute Gasteiger partial charge is 0.333 e. The number of hydrogen-bond donors (Lipinski definition) is 2. The molecule has 0 spiro atoms. The normalized spacial score (nSPS) is 13.9. The van der Waals surface area contributed by atoms with Crippen LogP contribution in [0, 0.1) is 20.8 Å². The Balaban J connectivity index is 3.48. The molecule has 0 radical (unpaired) electrons. The van der Waals surface area contributed by atoms with Gasteiger partial charge < -0.3 is 10.4 Å². The van der Waals surface area contributed by atoms with E-state index in [0.29, 0.717) is 12.0 Å². The van der Waals surface area contributed by atoms with Gasteiger partial charge in [-0.15, -0.1) is 0 Å². The van der Waals surface area contributed by atoms with Crippen LogP contribution in [0.15, 0.2) is 12.1 Å². The molecule has 0 saturated heterocycles. The van der Waals surface area contributed by atoms with Gasteiger partial charge in [0, 0.05) is 0 Å². The van der Waals surface area contributed by atoms with Gasteiger partial charge in [0.15, 0.2) is 5.54 Å². The third-order valence-electron chi connectivity index (χ3n) is 2.95. The number of carbonyl (C=O) groups excluding carboxylic acids is 1. The number of amides is 1. The number of rotatable bonds is 4. The summed E-state index contributed by atoms with van der Waals surface area (Å²) in [4.78, 5) is 22.0. The second-order valence-corrected chi connectivity index (χ2v) is 4.47. The third-order valence-corrected chi connectivity index (χ3v) is 2.95. The maximum absolute atomic E-state index is 11.4. The van der Waals surface area contributed by atoms with Crippen molar-refractivity contribution in [1.82, 2.24) is 5.32 Å². The molecule has 92 valence electrons. The van der Waals surface area contributed by atoms with E-state index in [1.807, 2.05) is 32.9 Å². The number of benzene rings is 1. The highest BCUT2D eigenvalue weighted by Gasteiger charge is 2.37. The zero-order valence-corrected chi connectivity index (χ0v) is 10.5. The summed E-state index contributed by atoms with van der Waals surface area (Å²) in [6.07, 6.45) is 0.423. The molecule has 0 bridgehead atoms. The molecule has 1 atom stereocenters. The number of nitrogens with one attached hydrogen (secondary N) is 1. The highest BCUT2D eigenvalue weighted by molar-refractivity contribution is 5.84. The number of aliphatic carboxylic acids is 1. The van der Waals surface area contributed by atoms with Gasteiger partial charge in [-0.3, -0.25) is 4.79 Å². The van der Waals surface area contributed by atoms with Gasteiger partial charge in [0.2, 0.25) is 6.41 Å². The summed E-state index contributed by atoms with van der Waals surface area (Å²) in [5.41, 5.74) is 2.05. The first-order valence-corrected chi connectivity index (χ1v) is 5.36. The average molecular weight is 235 g/mol. The SMILES string of the molecule is Cc1cc(C)c(C(C)(NC=O)C(=O)O)c(C)c1. The minimum absolute atomic E-state index is 0.423. The van der Waals surface area contributed by atoms with Crippen LogP contribution in [0.4, 0.5) is 0 Å². The summed E-state index contributed by atoms with van der Waals surface area (Å²) in [6.45, 7) is 7.15. The number of carboxylic acid groups (broad SMARTS) is 1. The number of aryl methyl sites for hydroxylation is 3. The fraction of sp³-hybridized carbons (Fsp3) is 0.385. The van der Waals surface area contributed by atoms with E-state index < -0.39 is 11.5 Å². The van der Waals surface area contributed by atoms with Crippen LogP contribution in [-0.2, 0) is 15.1 Å². The van der Waals surface area contributed by atoms with E-state index in [1.165, 1.54) is 6.92 Å². The van der Waals surface area contributed by atoms with Gasteiger partial charge in [0.1, 0.15) is 0 Å². The van der Waals surface area contributed by atoms with Crippen molar-refractivity contribution < 1.29 is 14.7 Å². The van der Waals surface area contributed by atoms with E-state index in [1.54, 1.807) is 0 Å². The van der Waals surface area contributed by atoms with Crippen molar-refractivity contribution in [1.29, 1.82) is 0 Å². The molecule has 0 saturated carbocycles. The topological polar surface area (TPSA) is 66.4 Å². The maximum atomic E-state index is 11.4. The molecule has 1 unspecified atom stereocenters. The molecule has 1 aromatic carbocycles. The standard InChI is InChI=1S/C13H17NO3/c1-8-5-9(2)11(10(3)6-8)13(4,12(16)17)14-7-15/h5-7H,1-4H3,(H,14,15)(H,16,17). The third kappa shape index (κ3) is 2.30. The quantitative estimate of drug-likeness (QED) is 0.780. The predicted molar refractivity (Wildman–Crippen MR) is 64.8 cm³/mol. The minimum atomic E-state index is -1.39. The van der Waals surface area contributed by atoms with Crippen molar-refractivity contribution in [2.75, 3.05) is 0 Å². The lowest BCUT2D eigenvalue weighted by atomic mass is 9.84. The molecule has 2 N–H and O–H groups in total. The highest BCUT2D eigenvalue weighted by atomic mass is 16.4. The van der Waals surface area contributed by atoms with E-state index in [2.05, 4.69) is 5.32 Å². The van der Waals surface area contributed by atoms with Crippen LogP contribution in [0.25, 0.3) is 0 Å². The molecule has 0 aliphatic heterocycles. The Morgan fingerprint density at radius 2 is 1.76 bits per heavy atom. The number of hydrogen-bond acceptors (Lipinski definition) is 2. The molecule has 1 amide bonds. The van der Waals surface area contributed by atoms with Crippen LogP contribution in [0.2, 0.25) is 0 Å². The number of carboxylic acids is 1. The first kappa shape index (κ1) is 13.2. The molecule has 0 fully saturated rings. The molecule has 0 aromatic heterocycles. The fourth-order valence-electron chi connectivity index (χ4n) is 2.33. The van der Waals surface area contributed by atoms with E-state index in [4.69, 9.17) is 0 Å². The molecule has 0 aliphatic rings. The summed E-state index contributed by atoms with van der Waals surface area (Å²) in [5, 5.41) is 11.7. The predicted octanol–water partition coefficient (Wildman–Crippen LogP) is 1.66. The number of carbonyl (C=O) groups is 2. The molecule has 4 heteroatoms. The lowest BCUT2D eigenvalue weighted by molar-refractivity contribution is -0.146. The summed E-state index contributed by atoms with van der Waals surface area (Å²) in [6, 6.07) is 3.83. The van der Waals surface area contributed by atoms with E-state index in [9.17, 15) is 14.7 Å². The minimum Gasteiger partial charge on any atom is -0.479 e. The van der Waals surface area contributed by atoms with E-state index >= 15 is 0 Å². The van der Waals surface area contributed by atoms with Gasteiger partial charge in [0.25, 0.3) is 0 Å². The van der Waals surface area contributed by atoms with Crippen molar-refractivity contribution in [3.8, 4) is 0 Å². The van der Waals surface area contributed by atoms with Gasteiger partial charge in [-0.25, -0.2) is 4.79 Å². The molecular weight excluding hydrogens is 218 g/mol. The molecule has 1 rings (SSSR count). The fourth-order valence-corrected chi connectivity index (χ4v) is 2.33. The molecule has 17 heavy (non-hydrogen) atoms. The first-order valence-electron chi connectivity index (χ1n) is 5.36. The Labute approximate surface area is 101 Å². The Hall–Kier alpha value is -1.84. The first-order chi connectivity index (χ1) is 7.82. The Kier molecular flexibility index (Phi) is 3.56. The van der Waals surface area contributed by atoms with Crippen LogP contribution >= 0.6 is 0 Å². The zero-order valence-electron chi connectivity index (χ0n) is 10.5. The van der Waals surface area contributed by atoms with Crippen molar-refractivity contribution in [2.24, 2.45) is 0 Å². The Morgan fingerprint density at radius 1 is 1.29 bits per heavy atom. The molecule has 4 nitrogen and oxygen atoms in total. The van der Waals surface area contributed by atoms with E-state index in [-0.39, 0.29) is 0 Å². The summed E-state index contributed by atoms with van der Waals surface area (Å²) in [5.74, 6) is -1.07. The van der Waals surface area contributed by atoms with Crippen LogP contribution in [0.1, 0.15) is 29.2 Å². The van der Waals surface area contributed by atoms with Crippen molar-refractivity contribution >= 4 is 12.4 Å². The van der Waals surface area contributed by atoms with Gasteiger partial charge >= 0.3 is 5.97 Å². The lowest BCUT2D eigenvalue weighted by Gasteiger charge is -2.28. The second-order valence-electron chi connectivity index (χ2n) is 4.47. The monoisotopic (exact) mass is 235 g/mol. The van der Waals surface area contributed by atoms with Gasteiger partial charge in [0.05, 0.1) is 0 Å². The Bertz CT molecular complexity index is 445. The average Bonchev–Trinajstić information content (AvgIpc) is 2.15. The Morgan fingerprint density at radius 3 is 2.12 bits per heavy atom. The molecule has 0 aliphatic carbocycles. The molecule has 0 heterocycles. The van der Waals surface area contributed by atoms with Crippen LogP contribution in [-0.4, -0.2) is 17.5 Å². The lowest BCUT2D eigenvalue weighted by Crippen LogP contribution is -2.47. The van der Waals surface area contributed by atoms with Crippen molar-refractivity contribution in [2.45, 2.75) is 33.2 Å². The maximum Gasteiger partial charge on any atom is 0.333 e. The van der Waals surface area contributed by atoms with Crippen LogP contribution < -0.4 is 5.32 Å². The van der Waals surface area contributed by atoms with Crippen molar-refractivity contribution in [3.63, 3.8) is 0 Å². The zero-order chi connectivity index (χ0) is 13.2. The van der Waals surface area contributed by atoms with Gasteiger partial charge in [-0.1, -0.05) is 17.7 Å². The molecular formula is C13H17NO3. The van der Waals surface area contributed by atoms with Crippen LogP contribution in [0.3, 0.4) is 0 Å². The largest absolute Gasteiger partial charge is 0.479 e. The summed E-state index contributed by atoms with van der Waals surface area (Å²) in [7, 11) is 0. The van der Waals surface area contributed by atoms with Crippen molar-refractivity contribution in [3.05, 3.63) is 34.4 Å². The van der Waals surface area contributed by atoms with Crippen LogP contribution in [0.5, 0.6) is 0 Å². The van der Waals surface area contributed by atoms with Gasteiger partial charge in [-0.2, -0.15) is 0 Å². The van der Waals surface area contributed by atoms with E-state index in [0.717, 1.165) is 16.7 Å². The summed E-state index contributed by atoms with van der Waals surface area (Å²) >= 11 is 0. The summed E-state index contributed by atoms with van der Waals surface area (Å²) < 4.78 is 0. The highest BCUT2D eigenvalue weighted by Crippen LogP contribution is 2.28. The second kappa shape index (κ2) is 4.57. The van der Waals surface area contributed by atoms with Gasteiger partial charge in [-0.05, 0) is 44.4 Å².